The summed E-state index contributed by atoms with van der Waals surface area (Å²) in [5, 5.41) is 7.27. The number of aromatic amines is 1. The fourth-order valence-corrected chi connectivity index (χ4v) is 9.32. The van der Waals surface area contributed by atoms with Crippen LogP contribution in [0.3, 0.4) is 0 Å². The summed E-state index contributed by atoms with van der Waals surface area (Å²) in [6.07, 6.45) is 6.58. The first-order valence-electron chi connectivity index (χ1n) is 19.9. The molecule has 2 aromatic carbocycles. The van der Waals surface area contributed by atoms with Gasteiger partial charge in [0.05, 0.1) is 40.3 Å². The average molecular weight is 793 g/mol. The predicted octanol–water partition coefficient (Wildman–Crippen LogP) is 3.23. The molecule has 0 bridgehead atoms. The molecule has 0 radical (unpaired) electrons. The molecule has 0 aliphatic carbocycles. The number of para-hydroxylation sites is 1. The third-order valence-electron chi connectivity index (χ3n) is 12.2. The van der Waals surface area contributed by atoms with Crippen molar-refractivity contribution in [3.63, 3.8) is 0 Å². The van der Waals surface area contributed by atoms with Gasteiger partial charge in [-0.2, -0.15) is 0 Å². The van der Waals surface area contributed by atoms with Gasteiger partial charge in [0.2, 0.25) is 23.7 Å². The molecule has 9 rings (SSSR count). The second kappa shape index (κ2) is 15.5. The number of fused-ring (bicyclic) bond motifs is 2. The molecule has 7 heterocycles. The number of rotatable bonds is 9. The van der Waals surface area contributed by atoms with Crippen LogP contribution in [0.25, 0.3) is 22.2 Å². The van der Waals surface area contributed by atoms with Crippen LogP contribution in [0.5, 0.6) is 0 Å². The Balaban J connectivity index is 0.725. The van der Waals surface area contributed by atoms with Gasteiger partial charge in [-0.25, -0.2) is 9.97 Å². The number of piperazine rings is 1. The van der Waals surface area contributed by atoms with Crippen LogP contribution >= 0.6 is 11.6 Å². The number of aromatic nitrogens is 3. The van der Waals surface area contributed by atoms with Crippen LogP contribution < -0.4 is 15.5 Å². The minimum atomic E-state index is -0.986. The van der Waals surface area contributed by atoms with Gasteiger partial charge in [-0.15, -0.1) is 0 Å². The van der Waals surface area contributed by atoms with Gasteiger partial charge in [0.15, 0.2) is 0 Å². The zero-order chi connectivity index (χ0) is 39.2. The molecule has 0 spiro atoms. The number of carbonyl (C=O) groups is 5. The highest BCUT2D eigenvalue weighted by atomic mass is 35.5. The average Bonchev–Trinajstić information content (AvgIpc) is 3.92. The van der Waals surface area contributed by atoms with Crippen LogP contribution in [0, 0.1) is 5.92 Å². The number of hydrogen-bond acceptors (Lipinski definition) is 11. The van der Waals surface area contributed by atoms with Gasteiger partial charge in [-0.3, -0.25) is 44.0 Å². The Morgan fingerprint density at radius 1 is 0.860 bits per heavy atom. The second-order valence-corrected chi connectivity index (χ2v) is 16.2. The highest BCUT2D eigenvalue weighted by Gasteiger charge is 2.46. The van der Waals surface area contributed by atoms with E-state index in [0.717, 1.165) is 86.4 Å². The van der Waals surface area contributed by atoms with E-state index in [0.29, 0.717) is 59.0 Å². The van der Waals surface area contributed by atoms with Gasteiger partial charge in [-0.1, -0.05) is 35.9 Å². The molecule has 15 nitrogen and oxygen atoms in total. The first-order chi connectivity index (χ1) is 27.7. The molecule has 2 aromatic heterocycles. The molecular formula is C41H45ClN10O5. The summed E-state index contributed by atoms with van der Waals surface area (Å²) in [6.45, 7) is 7.46. The van der Waals surface area contributed by atoms with Crippen molar-refractivity contribution in [1.29, 1.82) is 0 Å². The molecule has 2 atom stereocenters. The maximum Gasteiger partial charge on any atom is 0.264 e. The minimum absolute atomic E-state index is 0.0866. The number of anilines is 2. The lowest BCUT2D eigenvalue weighted by molar-refractivity contribution is -0.136. The van der Waals surface area contributed by atoms with E-state index in [4.69, 9.17) is 16.6 Å². The van der Waals surface area contributed by atoms with Crippen molar-refractivity contribution in [2.24, 2.45) is 5.92 Å². The summed E-state index contributed by atoms with van der Waals surface area (Å²) in [5.74, 6) is -0.776. The molecule has 16 heteroatoms. The molecule has 3 N–H and O–H groups in total. The normalized spacial score (nSPS) is 22.4. The number of nitrogens with zero attached hydrogens (tertiary/aromatic N) is 7. The van der Waals surface area contributed by atoms with E-state index in [1.165, 1.54) is 0 Å². The quantitative estimate of drug-likeness (QED) is 0.213. The summed E-state index contributed by atoms with van der Waals surface area (Å²) in [7, 11) is 0. The first kappa shape index (κ1) is 37.2. The summed E-state index contributed by atoms with van der Waals surface area (Å²) >= 11 is 6.54. The van der Waals surface area contributed by atoms with Crippen molar-refractivity contribution in [3.05, 3.63) is 71.0 Å². The van der Waals surface area contributed by atoms with Crippen molar-refractivity contribution in [2.75, 3.05) is 75.7 Å². The summed E-state index contributed by atoms with van der Waals surface area (Å²) in [5.41, 5.74) is 3.97. The number of carbonyl (C=O) groups excluding carboxylic acids is 5. The van der Waals surface area contributed by atoms with Crippen molar-refractivity contribution in [1.82, 2.24) is 39.9 Å². The van der Waals surface area contributed by atoms with Gasteiger partial charge < -0.3 is 20.1 Å². The Kier molecular flexibility index (Phi) is 10.1. The van der Waals surface area contributed by atoms with Gasteiger partial charge >= 0.3 is 0 Å². The maximum atomic E-state index is 13.6. The Morgan fingerprint density at radius 2 is 1.67 bits per heavy atom. The van der Waals surface area contributed by atoms with Gasteiger partial charge in [0, 0.05) is 94.0 Å². The first-order valence-corrected chi connectivity index (χ1v) is 20.3. The molecule has 4 saturated heterocycles. The number of amides is 5. The molecule has 0 saturated carbocycles. The Morgan fingerprint density at radius 3 is 2.47 bits per heavy atom. The summed E-state index contributed by atoms with van der Waals surface area (Å²) in [6, 6.07) is 12.5. The number of likely N-dealkylation sites (tertiary alicyclic amines) is 2. The van der Waals surface area contributed by atoms with E-state index in [1.54, 1.807) is 18.3 Å². The molecule has 1 unspecified atom stereocenters. The zero-order valence-corrected chi connectivity index (χ0v) is 32.3. The van der Waals surface area contributed by atoms with Crippen LogP contribution in [0.4, 0.5) is 11.6 Å². The summed E-state index contributed by atoms with van der Waals surface area (Å²) in [4.78, 5) is 86.9. The molecule has 296 valence electrons. The monoisotopic (exact) mass is 792 g/mol. The van der Waals surface area contributed by atoms with E-state index >= 15 is 0 Å². The highest BCUT2D eigenvalue weighted by Crippen LogP contribution is 2.36. The Hall–Kier alpha value is -5.38. The molecule has 5 aliphatic rings. The zero-order valence-electron chi connectivity index (χ0n) is 31.6. The SMILES string of the molecule is O=C1CCC(N2C(=O)c3cccc(N4CCN(CC5CCN(C(=O)CN6CC[C@@H](Nc7ncc(Cl)c(-c8c[nH]c9ccccc89)n7)C6)CC5)CC4)c3C2=O)C(=O)N1. The number of H-pyrrole nitrogens is 1. The van der Waals surface area contributed by atoms with E-state index in [9.17, 15) is 24.0 Å². The van der Waals surface area contributed by atoms with Crippen molar-refractivity contribution >= 4 is 63.7 Å². The third kappa shape index (κ3) is 7.35. The number of imide groups is 2. The fourth-order valence-electron chi connectivity index (χ4n) is 9.12. The lowest BCUT2D eigenvalue weighted by atomic mass is 9.95. The molecule has 57 heavy (non-hydrogen) atoms. The van der Waals surface area contributed by atoms with Crippen molar-refractivity contribution < 1.29 is 24.0 Å². The van der Waals surface area contributed by atoms with Crippen LogP contribution in [-0.4, -0.2) is 142 Å². The van der Waals surface area contributed by atoms with E-state index in [-0.39, 0.29) is 24.8 Å². The third-order valence-corrected chi connectivity index (χ3v) is 12.5. The fraction of sp³-hybridized carbons (Fsp3) is 0.439. The minimum Gasteiger partial charge on any atom is -0.368 e. The smallest absolute Gasteiger partial charge is 0.264 e. The number of halogens is 1. The van der Waals surface area contributed by atoms with Crippen LogP contribution in [0.2, 0.25) is 5.02 Å². The molecular weight excluding hydrogens is 748 g/mol. The van der Waals surface area contributed by atoms with Crippen molar-refractivity contribution in [2.45, 2.75) is 44.2 Å². The van der Waals surface area contributed by atoms with Crippen molar-refractivity contribution in [3.8, 4) is 11.3 Å². The predicted molar refractivity (Wildman–Crippen MR) is 214 cm³/mol. The van der Waals surface area contributed by atoms with Gasteiger partial charge in [0.25, 0.3) is 11.8 Å². The number of benzene rings is 2. The maximum absolute atomic E-state index is 13.6. The van der Waals surface area contributed by atoms with Crippen LogP contribution in [-0.2, 0) is 14.4 Å². The molecule has 4 fully saturated rings. The molecule has 5 aliphatic heterocycles. The van der Waals surface area contributed by atoms with Crippen LogP contribution in [0.15, 0.2) is 54.9 Å². The topological polar surface area (TPSA) is 167 Å². The largest absolute Gasteiger partial charge is 0.368 e. The standard InChI is InChI=1S/C41H45ClN10O5/c42-30-21-44-41(47-37(30)29-20-43-31-6-2-1-4-27(29)31)45-26-12-13-49(23-26)24-35(54)51-14-10-25(11-15-51)22-48-16-18-50(19-17-48)32-7-3-5-28-36(32)40(57)52(39(28)56)33-8-9-34(53)46-38(33)55/h1-7,20-21,25-26,33,43H,8-19,22-24H2,(H,44,45,47)(H,46,53,55)/t26-,33?/m1/s1. The molecule has 5 amide bonds. The number of piperidine rings is 2. The van der Waals surface area contributed by atoms with E-state index in [1.807, 2.05) is 41.4 Å². The highest BCUT2D eigenvalue weighted by molar-refractivity contribution is 6.33. The van der Waals surface area contributed by atoms with E-state index < -0.39 is 29.7 Å². The summed E-state index contributed by atoms with van der Waals surface area (Å²) < 4.78 is 0. The lowest BCUT2D eigenvalue weighted by Crippen LogP contribution is -2.54. The van der Waals surface area contributed by atoms with Gasteiger partial charge in [-0.05, 0) is 49.8 Å². The van der Waals surface area contributed by atoms with Crippen LogP contribution in [0.1, 0.15) is 52.8 Å². The van der Waals surface area contributed by atoms with E-state index in [2.05, 4.69) is 35.3 Å². The van der Waals surface area contributed by atoms with Gasteiger partial charge in [0.1, 0.15) is 6.04 Å². The molecule has 4 aromatic rings. The Labute approximate surface area is 334 Å². The number of hydrogen-bond donors (Lipinski definition) is 3. The second-order valence-electron chi connectivity index (χ2n) is 15.8. The lowest BCUT2D eigenvalue weighted by Gasteiger charge is -2.40. The number of nitrogens with one attached hydrogen (secondary N) is 3. The Bertz CT molecular complexity index is 2250.